The van der Waals surface area contributed by atoms with E-state index in [-0.39, 0.29) is 0 Å². The second-order valence-corrected chi connectivity index (χ2v) is 7.94. The van der Waals surface area contributed by atoms with Crippen LogP contribution >= 0.6 is 31.9 Å². The standard InChI is InChI=1S/C19H22Br2N2O/c1-24-19-15(9-16(20)10-18(19)21)11-22-17-7-8-23(13-17)12-14-5-3-2-4-6-14/h2-6,9-10,17,22H,7-8,11-13H2,1H3. The number of halogens is 2. The summed E-state index contributed by atoms with van der Waals surface area (Å²) in [4.78, 5) is 2.51. The molecular weight excluding hydrogens is 432 g/mol. The smallest absolute Gasteiger partial charge is 0.137 e. The Labute approximate surface area is 160 Å². The van der Waals surface area contributed by atoms with Crippen LogP contribution in [-0.2, 0) is 13.1 Å². The first kappa shape index (κ1) is 17.9. The van der Waals surface area contributed by atoms with Crippen LogP contribution < -0.4 is 10.1 Å². The van der Waals surface area contributed by atoms with Crippen LogP contribution in [0.1, 0.15) is 17.5 Å². The molecule has 24 heavy (non-hydrogen) atoms. The van der Waals surface area contributed by atoms with Gasteiger partial charge < -0.3 is 10.1 Å². The number of hydrogen-bond donors (Lipinski definition) is 1. The van der Waals surface area contributed by atoms with E-state index >= 15 is 0 Å². The van der Waals surface area contributed by atoms with Crippen LogP contribution in [-0.4, -0.2) is 31.1 Å². The summed E-state index contributed by atoms with van der Waals surface area (Å²) in [5, 5.41) is 3.68. The molecular formula is C19H22Br2N2O. The minimum Gasteiger partial charge on any atom is -0.495 e. The van der Waals surface area contributed by atoms with E-state index in [1.54, 1.807) is 7.11 Å². The highest BCUT2D eigenvalue weighted by Gasteiger charge is 2.22. The summed E-state index contributed by atoms with van der Waals surface area (Å²) in [5.74, 6) is 0.907. The van der Waals surface area contributed by atoms with Crippen LogP contribution in [0.2, 0.25) is 0 Å². The molecule has 0 bridgehead atoms. The lowest BCUT2D eigenvalue weighted by molar-refractivity contribution is 0.319. The van der Waals surface area contributed by atoms with Gasteiger partial charge in [0, 0.05) is 42.3 Å². The van der Waals surface area contributed by atoms with Gasteiger partial charge in [-0.25, -0.2) is 0 Å². The van der Waals surface area contributed by atoms with Crippen molar-refractivity contribution in [2.24, 2.45) is 0 Å². The van der Waals surface area contributed by atoms with Gasteiger partial charge in [-0.3, -0.25) is 4.90 Å². The molecule has 1 unspecified atom stereocenters. The molecule has 3 nitrogen and oxygen atoms in total. The largest absolute Gasteiger partial charge is 0.495 e. The molecule has 1 atom stereocenters. The summed E-state index contributed by atoms with van der Waals surface area (Å²) in [6.45, 7) is 4.08. The Morgan fingerprint density at radius 2 is 2.00 bits per heavy atom. The van der Waals surface area contributed by atoms with Crippen molar-refractivity contribution in [3.63, 3.8) is 0 Å². The second-order valence-electron chi connectivity index (χ2n) is 6.17. The van der Waals surface area contributed by atoms with E-state index in [9.17, 15) is 0 Å². The van der Waals surface area contributed by atoms with Crippen LogP contribution in [0.15, 0.2) is 51.4 Å². The van der Waals surface area contributed by atoms with E-state index < -0.39 is 0 Å². The van der Waals surface area contributed by atoms with Crippen molar-refractivity contribution in [3.05, 3.63) is 62.5 Å². The summed E-state index contributed by atoms with van der Waals surface area (Å²) >= 11 is 7.12. The fourth-order valence-electron chi connectivity index (χ4n) is 3.21. The van der Waals surface area contributed by atoms with Crippen molar-refractivity contribution < 1.29 is 4.74 Å². The Hall–Kier alpha value is -0.880. The van der Waals surface area contributed by atoms with Gasteiger partial charge in [0.25, 0.3) is 0 Å². The highest BCUT2D eigenvalue weighted by atomic mass is 79.9. The van der Waals surface area contributed by atoms with Gasteiger partial charge >= 0.3 is 0 Å². The number of methoxy groups -OCH3 is 1. The molecule has 0 radical (unpaired) electrons. The number of hydrogen-bond acceptors (Lipinski definition) is 3. The van der Waals surface area contributed by atoms with Crippen molar-refractivity contribution in [1.82, 2.24) is 10.2 Å². The van der Waals surface area contributed by atoms with Crippen LogP contribution in [0.25, 0.3) is 0 Å². The summed E-state index contributed by atoms with van der Waals surface area (Å²) in [7, 11) is 1.72. The molecule has 0 amide bonds. The van der Waals surface area contributed by atoms with Gasteiger partial charge in [0.05, 0.1) is 11.6 Å². The van der Waals surface area contributed by atoms with Gasteiger partial charge in [0.1, 0.15) is 5.75 Å². The summed E-state index contributed by atoms with van der Waals surface area (Å²) in [5.41, 5.74) is 2.55. The molecule has 1 aliphatic heterocycles. The van der Waals surface area contributed by atoms with E-state index in [0.717, 1.165) is 40.9 Å². The highest BCUT2D eigenvalue weighted by molar-refractivity contribution is 9.11. The maximum atomic E-state index is 5.53. The molecule has 0 spiro atoms. The monoisotopic (exact) mass is 452 g/mol. The third kappa shape index (κ3) is 4.60. The first-order valence-corrected chi connectivity index (χ1v) is 9.76. The highest BCUT2D eigenvalue weighted by Crippen LogP contribution is 2.32. The van der Waals surface area contributed by atoms with Gasteiger partial charge in [-0.1, -0.05) is 46.3 Å². The topological polar surface area (TPSA) is 24.5 Å². The number of rotatable bonds is 6. The number of nitrogens with zero attached hydrogens (tertiary/aromatic N) is 1. The zero-order chi connectivity index (χ0) is 16.9. The minimum absolute atomic E-state index is 0.524. The number of ether oxygens (including phenoxy) is 1. The fraction of sp³-hybridized carbons (Fsp3) is 0.368. The lowest BCUT2D eigenvalue weighted by atomic mass is 10.1. The molecule has 1 fully saturated rings. The van der Waals surface area contributed by atoms with Crippen LogP contribution in [0.5, 0.6) is 5.75 Å². The first-order chi connectivity index (χ1) is 11.7. The molecule has 3 rings (SSSR count). The molecule has 2 aromatic carbocycles. The summed E-state index contributed by atoms with van der Waals surface area (Å²) in [6, 6.07) is 15.3. The number of nitrogens with one attached hydrogen (secondary N) is 1. The molecule has 5 heteroatoms. The summed E-state index contributed by atoms with van der Waals surface area (Å²) < 4.78 is 7.57. The Bertz CT molecular complexity index is 679. The Balaban J connectivity index is 1.55. The average Bonchev–Trinajstić information content (AvgIpc) is 3.01. The van der Waals surface area contributed by atoms with Gasteiger partial charge in [-0.05, 0) is 40.0 Å². The lowest BCUT2D eigenvalue weighted by Crippen LogP contribution is -2.32. The third-order valence-corrected chi connectivity index (χ3v) is 5.44. The molecule has 2 aromatic rings. The van der Waals surface area contributed by atoms with E-state index in [1.165, 1.54) is 17.5 Å². The predicted octanol–water partition coefficient (Wildman–Crippen LogP) is 4.58. The quantitative estimate of drug-likeness (QED) is 0.692. The molecule has 1 saturated heterocycles. The number of benzene rings is 2. The molecule has 0 aromatic heterocycles. The molecule has 128 valence electrons. The van der Waals surface area contributed by atoms with Crippen molar-refractivity contribution >= 4 is 31.9 Å². The normalized spacial score (nSPS) is 18.0. The predicted molar refractivity (Wildman–Crippen MR) is 105 cm³/mol. The van der Waals surface area contributed by atoms with Crippen LogP contribution in [0.4, 0.5) is 0 Å². The zero-order valence-corrected chi connectivity index (χ0v) is 16.9. The Morgan fingerprint density at radius 3 is 2.75 bits per heavy atom. The van der Waals surface area contributed by atoms with Crippen LogP contribution in [0.3, 0.4) is 0 Å². The van der Waals surface area contributed by atoms with Crippen molar-refractivity contribution in [2.45, 2.75) is 25.6 Å². The lowest BCUT2D eigenvalue weighted by Gasteiger charge is -2.18. The summed E-state index contributed by atoms with van der Waals surface area (Å²) in [6.07, 6.45) is 1.18. The van der Waals surface area contributed by atoms with Gasteiger partial charge in [-0.15, -0.1) is 0 Å². The van der Waals surface area contributed by atoms with Crippen molar-refractivity contribution in [1.29, 1.82) is 0 Å². The van der Waals surface area contributed by atoms with Gasteiger partial charge in [0.2, 0.25) is 0 Å². The third-order valence-electron chi connectivity index (χ3n) is 4.39. The van der Waals surface area contributed by atoms with Crippen molar-refractivity contribution in [3.8, 4) is 5.75 Å². The second kappa shape index (κ2) is 8.48. The number of likely N-dealkylation sites (tertiary alicyclic amines) is 1. The van der Waals surface area contributed by atoms with Gasteiger partial charge in [0.15, 0.2) is 0 Å². The molecule has 1 aliphatic rings. The van der Waals surface area contributed by atoms with E-state index in [4.69, 9.17) is 4.74 Å². The maximum Gasteiger partial charge on any atom is 0.137 e. The fourth-order valence-corrected chi connectivity index (χ4v) is 4.69. The zero-order valence-electron chi connectivity index (χ0n) is 13.8. The molecule has 1 heterocycles. The molecule has 0 aliphatic carbocycles. The first-order valence-electron chi connectivity index (χ1n) is 8.17. The van der Waals surface area contributed by atoms with E-state index in [1.807, 2.05) is 6.07 Å². The van der Waals surface area contributed by atoms with E-state index in [0.29, 0.717) is 6.04 Å². The molecule has 0 saturated carbocycles. The van der Waals surface area contributed by atoms with Crippen LogP contribution in [0, 0.1) is 0 Å². The Morgan fingerprint density at radius 1 is 1.21 bits per heavy atom. The average molecular weight is 454 g/mol. The van der Waals surface area contributed by atoms with E-state index in [2.05, 4.69) is 78.5 Å². The maximum absolute atomic E-state index is 5.53. The molecule has 1 N–H and O–H groups in total. The minimum atomic E-state index is 0.524. The van der Waals surface area contributed by atoms with Gasteiger partial charge in [-0.2, -0.15) is 0 Å². The Kier molecular flexibility index (Phi) is 6.33. The SMILES string of the molecule is COc1c(Br)cc(Br)cc1CNC1CCN(Cc2ccccc2)C1. The van der Waals surface area contributed by atoms with Crippen molar-refractivity contribution in [2.75, 3.05) is 20.2 Å².